The summed E-state index contributed by atoms with van der Waals surface area (Å²) in [6.45, 7) is 0.884. The number of hydrogen-bond acceptors (Lipinski definition) is 3. The Labute approximate surface area is 104 Å². The molecule has 0 aromatic heterocycles. The molecule has 1 aromatic carbocycles. The number of rotatable bonds is 2. The van der Waals surface area contributed by atoms with Crippen LogP contribution in [0.15, 0.2) is 18.2 Å². The van der Waals surface area contributed by atoms with Crippen molar-refractivity contribution in [1.29, 1.82) is 0 Å². The van der Waals surface area contributed by atoms with Crippen molar-refractivity contribution in [2.24, 2.45) is 0 Å². The van der Waals surface area contributed by atoms with E-state index in [2.05, 4.69) is 0 Å². The molecule has 5 nitrogen and oxygen atoms in total. The van der Waals surface area contributed by atoms with E-state index in [-0.39, 0.29) is 11.8 Å². The van der Waals surface area contributed by atoms with Crippen LogP contribution in [0.1, 0.15) is 12.8 Å². The standard InChI is InChI=1S/C12H15FN2O3/c13-10-7-9(1-2-11(10)14)18-8-3-5-15(6-4-8)12(16)17/h1-2,7-8H,3-6,14H2,(H,16,17). The van der Waals surface area contributed by atoms with Gasteiger partial charge in [0, 0.05) is 32.0 Å². The lowest BCUT2D eigenvalue weighted by Gasteiger charge is -2.30. The second-order valence-electron chi connectivity index (χ2n) is 4.27. The van der Waals surface area contributed by atoms with Crippen LogP contribution in [0.4, 0.5) is 14.9 Å². The van der Waals surface area contributed by atoms with Gasteiger partial charge in [0.15, 0.2) is 0 Å². The van der Waals surface area contributed by atoms with Crippen molar-refractivity contribution in [2.45, 2.75) is 18.9 Å². The summed E-state index contributed by atoms with van der Waals surface area (Å²) in [6, 6.07) is 4.32. The highest BCUT2D eigenvalue weighted by molar-refractivity contribution is 5.65. The van der Waals surface area contributed by atoms with Crippen LogP contribution in [0.2, 0.25) is 0 Å². The summed E-state index contributed by atoms with van der Waals surface area (Å²) >= 11 is 0. The Morgan fingerprint density at radius 2 is 2.11 bits per heavy atom. The van der Waals surface area contributed by atoms with E-state index in [1.165, 1.54) is 17.0 Å². The van der Waals surface area contributed by atoms with Gasteiger partial charge in [-0.1, -0.05) is 0 Å². The van der Waals surface area contributed by atoms with Crippen molar-refractivity contribution < 1.29 is 19.0 Å². The van der Waals surface area contributed by atoms with E-state index in [0.717, 1.165) is 0 Å². The maximum absolute atomic E-state index is 13.2. The Kier molecular flexibility index (Phi) is 3.55. The maximum atomic E-state index is 13.2. The number of piperidine rings is 1. The van der Waals surface area contributed by atoms with Crippen molar-refractivity contribution >= 4 is 11.8 Å². The first-order chi connectivity index (χ1) is 8.56. The van der Waals surface area contributed by atoms with E-state index >= 15 is 0 Å². The summed E-state index contributed by atoms with van der Waals surface area (Å²) in [5.41, 5.74) is 5.46. The van der Waals surface area contributed by atoms with Crippen LogP contribution >= 0.6 is 0 Å². The van der Waals surface area contributed by atoms with E-state index in [9.17, 15) is 9.18 Å². The zero-order chi connectivity index (χ0) is 13.1. The number of nitrogens with zero attached hydrogens (tertiary/aromatic N) is 1. The molecule has 1 aliphatic heterocycles. The molecular weight excluding hydrogens is 239 g/mol. The molecule has 3 N–H and O–H groups in total. The van der Waals surface area contributed by atoms with Gasteiger partial charge in [0.25, 0.3) is 0 Å². The molecule has 1 heterocycles. The van der Waals surface area contributed by atoms with Crippen LogP contribution in [0, 0.1) is 5.82 Å². The molecule has 1 amide bonds. The zero-order valence-electron chi connectivity index (χ0n) is 9.80. The van der Waals surface area contributed by atoms with Crippen LogP contribution < -0.4 is 10.5 Å². The first kappa shape index (κ1) is 12.5. The molecule has 2 rings (SSSR count). The Bertz CT molecular complexity index is 445. The highest BCUT2D eigenvalue weighted by Crippen LogP contribution is 2.22. The summed E-state index contributed by atoms with van der Waals surface area (Å²) in [6.07, 6.45) is 0.229. The molecule has 0 unspecified atom stereocenters. The zero-order valence-corrected chi connectivity index (χ0v) is 9.80. The van der Waals surface area contributed by atoms with Crippen LogP contribution in [-0.2, 0) is 0 Å². The van der Waals surface area contributed by atoms with E-state index in [4.69, 9.17) is 15.6 Å². The summed E-state index contributed by atoms with van der Waals surface area (Å²) in [5.74, 6) is -0.0778. The number of carboxylic acid groups (broad SMARTS) is 1. The predicted octanol–water partition coefficient (Wildman–Crippen LogP) is 1.93. The van der Waals surface area contributed by atoms with Crippen molar-refractivity contribution in [3.05, 3.63) is 24.0 Å². The number of likely N-dealkylation sites (tertiary alicyclic amines) is 1. The number of carbonyl (C=O) groups is 1. The molecule has 0 spiro atoms. The first-order valence-electron chi connectivity index (χ1n) is 5.76. The highest BCUT2D eigenvalue weighted by Gasteiger charge is 2.23. The number of hydrogen-bond donors (Lipinski definition) is 2. The average Bonchev–Trinajstić information content (AvgIpc) is 2.34. The van der Waals surface area contributed by atoms with Gasteiger partial charge in [0.05, 0.1) is 5.69 Å². The Morgan fingerprint density at radius 1 is 1.44 bits per heavy atom. The molecule has 6 heteroatoms. The third-order valence-electron chi connectivity index (χ3n) is 2.99. The van der Waals surface area contributed by atoms with Gasteiger partial charge in [0.2, 0.25) is 0 Å². The van der Waals surface area contributed by atoms with Crippen LogP contribution in [-0.4, -0.2) is 35.3 Å². The van der Waals surface area contributed by atoms with Crippen LogP contribution in [0.5, 0.6) is 5.75 Å². The van der Waals surface area contributed by atoms with Gasteiger partial charge < -0.3 is 20.5 Å². The number of halogens is 1. The average molecular weight is 254 g/mol. The fourth-order valence-corrected chi connectivity index (χ4v) is 1.94. The summed E-state index contributed by atoms with van der Waals surface area (Å²) in [4.78, 5) is 12.1. The highest BCUT2D eigenvalue weighted by atomic mass is 19.1. The van der Waals surface area contributed by atoms with Crippen molar-refractivity contribution in [3.63, 3.8) is 0 Å². The number of ether oxygens (including phenoxy) is 1. The summed E-state index contributed by atoms with van der Waals surface area (Å²) < 4.78 is 18.8. The largest absolute Gasteiger partial charge is 0.490 e. The molecule has 1 aromatic rings. The fraction of sp³-hybridized carbons (Fsp3) is 0.417. The fourth-order valence-electron chi connectivity index (χ4n) is 1.94. The second kappa shape index (κ2) is 5.12. The molecular formula is C12H15FN2O3. The minimum Gasteiger partial charge on any atom is -0.490 e. The Balaban J connectivity index is 1.91. The van der Waals surface area contributed by atoms with Crippen LogP contribution in [0.25, 0.3) is 0 Å². The third-order valence-corrected chi connectivity index (χ3v) is 2.99. The van der Waals surface area contributed by atoms with E-state index in [1.807, 2.05) is 0 Å². The predicted molar refractivity (Wildman–Crippen MR) is 64.1 cm³/mol. The number of nitrogen functional groups attached to an aromatic ring is 1. The van der Waals surface area contributed by atoms with Crippen molar-refractivity contribution in [2.75, 3.05) is 18.8 Å². The molecule has 18 heavy (non-hydrogen) atoms. The molecule has 0 radical (unpaired) electrons. The molecule has 1 aliphatic rings. The van der Waals surface area contributed by atoms with Gasteiger partial charge in [-0.2, -0.15) is 0 Å². The maximum Gasteiger partial charge on any atom is 0.407 e. The first-order valence-corrected chi connectivity index (χ1v) is 5.76. The third kappa shape index (κ3) is 2.82. The number of benzene rings is 1. The number of anilines is 1. The lowest BCUT2D eigenvalue weighted by molar-refractivity contribution is 0.0893. The molecule has 0 saturated carbocycles. The Hall–Kier alpha value is -1.98. The lowest BCUT2D eigenvalue weighted by atomic mass is 10.1. The molecule has 0 bridgehead atoms. The quantitative estimate of drug-likeness (QED) is 0.791. The van der Waals surface area contributed by atoms with E-state index in [0.29, 0.717) is 31.7 Å². The number of nitrogens with two attached hydrogens (primary N) is 1. The van der Waals surface area contributed by atoms with E-state index in [1.54, 1.807) is 6.07 Å². The molecule has 98 valence electrons. The summed E-state index contributed by atoms with van der Waals surface area (Å²) in [7, 11) is 0. The number of amides is 1. The Morgan fingerprint density at radius 3 is 2.67 bits per heavy atom. The van der Waals surface area contributed by atoms with E-state index < -0.39 is 11.9 Å². The SMILES string of the molecule is Nc1ccc(OC2CCN(C(=O)O)CC2)cc1F. The molecule has 0 atom stereocenters. The lowest BCUT2D eigenvalue weighted by Crippen LogP contribution is -2.41. The van der Waals surface area contributed by atoms with Gasteiger partial charge >= 0.3 is 6.09 Å². The van der Waals surface area contributed by atoms with Crippen LogP contribution in [0.3, 0.4) is 0 Å². The van der Waals surface area contributed by atoms with Gasteiger partial charge in [-0.15, -0.1) is 0 Å². The topological polar surface area (TPSA) is 75.8 Å². The minimum absolute atomic E-state index is 0.0800. The monoisotopic (exact) mass is 254 g/mol. The normalized spacial score (nSPS) is 16.6. The van der Waals surface area contributed by atoms with Gasteiger partial charge in [-0.25, -0.2) is 9.18 Å². The second-order valence-corrected chi connectivity index (χ2v) is 4.27. The van der Waals surface area contributed by atoms with Crippen molar-refractivity contribution in [1.82, 2.24) is 4.90 Å². The molecule has 0 aliphatic carbocycles. The smallest absolute Gasteiger partial charge is 0.407 e. The van der Waals surface area contributed by atoms with Gasteiger partial charge in [0.1, 0.15) is 17.7 Å². The van der Waals surface area contributed by atoms with Gasteiger partial charge in [-0.05, 0) is 12.1 Å². The summed E-state index contributed by atoms with van der Waals surface area (Å²) in [5, 5.41) is 8.80. The van der Waals surface area contributed by atoms with Gasteiger partial charge in [-0.3, -0.25) is 0 Å². The molecule has 1 fully saturated rings. The molecule has 1 saturated heterocycles. The van der Waals surface area contributed by atoms with Crippen molar-refractivity contribution in [3.8, 4) is 5.75 Å². The minimum atomic E-state index is -0.910.